The SMILES string of the molecule is CCCCCCCCCCC1CC1CCCCCC. The van der Waals surface area contributed by atoms with Gasteiger partial charge in [0.05, 0.1) is 0 Å². The van der Waals surface area contributed by atoms with Crippen molar-refractivity contribution >= 4 is 0 Å². The Labute approximate surface area is 122 Å². The smallest absolute Gasteiger partial charge is 0.0383 e. The molecule has 0 amide bonds. The maximum atomic E-state index is 2.31. The van der Waals surface area contributed by atoms with Crippen LogP contribution in [0.15, 0.2) is 0 Å². The van der Waals surface area contributed by atoms with Crippen LogP contribution >= 0.6 is 0 Å². The first-order valence-electron chi connectivity index (χ1n) is 9.38. The molecule has 1 aliphatic carbocycles. The van der Waals surface area contributed by atoms with Crippen molar-refractivity contribution in [1.29, 1.82) is 0 Å². The van der Waals surface area contributed by atoms with E-state index in [0.717, 1.165) is 11.8 Å². The summed E-state index contributed by atoms with van der Waals surface area (Å²) in [7, 11) is 0. The molecule has 1 saturated carbocycles. The lowest BCUT2D eigenvalue weighted by atomic mass is 10.0. The van der Waals surface area contributed by atoms with Crippen molar-refractivity contribution in [1.82, 2.24) is 0 Å². The summed E-state index contributed by atoms with van der Waals surface area (Å²) in [5, 5.41) is 0. The summed E-state index contributed by atoms with van der Waals surface area (Å²) in [4.78, 5) is 0. The Bertz CT molecular complexity index is 184. The molecule has 2 atom stereocenters. The van der Waals surface area contributed by atoms with E-state index in [-0.39, 0.29) is 0 Å². The Balaban J connectivity index is 1.74. The maximum Gasteiger partial charge on any atom is -0.0383 e. The maximum absolute atomic E-state index is 2.31. The first-order chi connectivity index (χ1) is 9.38. The van der Waals surface area contributed by atoms with E-state index in [1.807, 2.05) is 0 Å². The summed E-state index contributed by atoms with van der Waals surface area (Å²) in [5.74, 6) is 2.28. The highest BCUT2D eigenvalue weighted by Crippen LogP contribution is 2.45. The molecular weight excluding hydrogens is 228 g/mol. The molecule has 0 spiro atoms. The molecule has 0 aromatic heterocycles. The summed E-state index contributed by atoms with van der Waals surface area (Å²) >= 11 is 0. The molecule has 0 nitrogen and oxygen atoms in total. The van der Waals surface area contributed by atoms with Crippen LogP contribution in [0.4, 0.5) is 0 Å². The van der Waals surface area contributed by atoms with E-state index in [1.54, 1.807) is 19.3 Å². The van der Waals surface area contributed by atoms with E-state index in [2.05, 4.69) is 13.8 Å². The number of unbranched alkanes of at least 4 members (excludes halogenated alkanes) is 10. The van der Waals surface area contributed by atoms with Gasteiger partial charge >= 0.3 is 0 Å². The zero-order valence-electron chi connectivity index (χ0n) is 13.8. The fourth-order valence-electron chi connectivity index (χ4n) is 3.39. The first kappa shape index (κ1) is 17.1. The quantitative estimate of drug-likeness (QED) is 0.293. The minimum Gasteiger partial charge on any atom is -0.0654 e. The third-order valence-electron chi connectivity index (χ3n) is 4.93. The zero-order valence-corrected chi connectivity index (χ0v) is 13.8. The van der Waals surface area contributed by atoms with Gasteiger partial charge in [-0.25, -0.2) is 0 Å². The van der Waals surface area contributed by atoms with Crippen LogP contribution in [0.2, 0.25) is 0 Å². The van der Waals surface area contributed by atoms with Crippen LogP contribution in [0.1, 0.15) is 110 Å². The van der Waals surface area contributed by atoms with E-state index in [4.69, 9.17) is 0 Å². The Hall–Kier alpha value is 0. The van der Waals surface area contributed by atoms with Gasteiger partial charge in [-0.05, 0) is 18.3 Å². The van der Waals surface area contributed by atoms with E-state index in [9.17, 15) is 0 Å². The third kappa shape index (κ3) is 9.52. The summed E-state index contributed by atoms with van der Waals surface area (Å²) in [6.07, 6.45) is 22.3. The molecule has 1 aliphatic rings. The van der Waals surface area contributed by atoms with Gasteiger partial charge in [-0.1, -0.05) is 104 Å². The van der Waals surface area contributed by atoms with E-state index in [0.29, 0.717) is 0 Å². The molecule has 0 saturated heterocycles. The highest BCUT2D eigenvalue weighted by atomic mass is 14.4. The molecule has 114 valence electrons. The van der Waals surface area contributed by atoms with E-state index >= 15 is 0 Å². The molecule has 0 heterocycles. The number of rotatable bonds is 14. The van der Waals surface area contributed by atoms with Crippen LogP contribution in [0.5, 0.6) is 0 Å². The second-order valence-corrected chi connectivity index (χ2v) is 6.87. The Kier molecular flexibility index (Phi) is 10.6. The van der Waals surface area contributed by atoms with E-state index < -0.39 is 0 Å². The average molecular weight is 267 g/mol. The van der Waals surface area contributed by atoms with Crippen LogP contribution in [0.3, 0.4) is 0 Å². The molecule has 0 N–H and O–H groups in total. The van der Waals surface area contributed by atoms with Gasteiger partial charge in [0.2, 0.25) is 0 Å². The van der Waals surface area contributed by atoms with Gasteiger partial charge in [0.25, 0.3) is 0 Å². The van der Waals surface area contributed by atoms with Gasteiger partial charge in [0.15, 0.2) is 0 Å². The van der Waals surface area contributed by atoms with Crippen LogP contribution in [-0.2, 0) is 0 Å². The minimum atomic E-state index is 1.14. The molecule has 0 heteroatoms. The van der Waals surface area contributed by atoms with Crippen molar-refractivity contribution in [3.63, 3.8) is 0 Å². The normalized spacial score (nSPS) is 21.8. The van der Waals surface area contributed by atoms with Crippen molar-refractivity contribution in [3.8, 4) is 0 Å². The van der Waals surface area contributed by atoms with Crippen molar-refractivity contribution in [3.05, 3.63) is 0 Å². The summed E-state index contributed by atoms with van der Waals surface area (Å²) < 4.78 is 0. The fraction of sp³-hybridized carbons (Fsp3) is 1.00. The second-order valence-electron chi connectivity index (χ2n) is 6.87. The monoisotopic (exact) mass is 266 g/mol. The van der Waals surface area contributed by atoms with Gasteiger partial charge in [-0.3, -0.25) is 0 Å². The van der Waals surface area contributed by atoms with Crippen LogP contribution in [0, 0.1) is 11.8 Å². The molecule has 1 rings (SSSR count). The minimum absolute atomic E-state index is 1.14. The average Bonchev–Trinajstić information content (AvgIpc) is 3.16. The predicted molar refractivity (Wildman–Crippen MR) is 87.6 cm³/mol. The molecule has 0 radical (unpaired) electrons. The van der Waals surface area contributed by atoms with E-state index in [1.165, 1.54) is 77.0 Å². The predicted octanol–water partition coefficient (Wildman–Crippen LogP) is 7.12. The Morgan fingerprint density at radius 1 is 0.526 bits per heavy atom. The topological polar surface area (TPSA) is 0 Å². The molecule has 0 bridgehead atoms. The molecule has 0 aliphatic heterocycles. The van der Waals surface area contributed by atoms with Gasteiger partial charge in [-0.2, -0.15) is 0 Å². The molecule has 2 unspecified atom stereocenters. The lowest BCUT2D eigenvalue weighted by Crippen LogP contribution is -1.86. The Morgan fingerprint density at radius 2 is 0.895 bits per heavy atom. The molecule has 19 heavy (non-hydrogen) atoms. The third-order valence-corrected chi connectivity index (χ3v) is 4.93. The molecule has 0 aromatic rings. The number of hydrogen-bond donors (Lipinski definition) is 0. The van der Waals surface area contributed by atoms with Gasteiger partial charge in [0, 0.05) is 0 Å². The molecular formula is C19H38. The zero-order chi connectivity index (χ0) is 13.8. The van der Waals surface area contributed by atoms with Gasteiger partial charge < -0.3 is 0 Å². The summed E-state index contributed by atoms with van der Waals surface area (Å²) in [5.41, 5.74) is 0. The van der Waals surface area contributed by atoms with Crippen LogP contribution in [-0.4, -0.2) is 0 Å². The van der Waals surface area contributed by atoms with Crippen molar-refractivity contribution in [2.45, 2.75) is 110 Å². The molecule has 1 fully saturated rings. The van der Waals surface area contributed by atoms with Crippen LogP contribution < -0.4 is 0 Å². The summed E-state index contributed by atoms with van der Waals surface area (Å²) in [6.45, 7) is 4.61. The van der Waals surface area contributed by atoms with Crippen LogP contribution in [0.25, 0.3) is 0 Å². The first-order valence-corrected chi connectivity index (χ1v) is 9.38. The van der Waals surface area contributed by atoms with Gasteiger partial charge in [-0.15, -0.1) is 0 Å². The Morgan fingerprint density at radius 3 is 1.37 bits per heavy atom. The standard InChI is InChI=1S/C19H38/c1-3-5-7-9-10-11-12-14-16-19-17-18(19)15-13-8-6-4-2/h18-19H,3-17H2,1-2H3. The second kappa shape index (κ2) is 11.8. The highest BCUT2D eigenvalue weighted by Gasteiger charge is 2.34. The largest absolute Gasteiger partial charge is 0.0654 e. The van der Waals surface area contributed by atoms with Crippen molar-refractivity contribution in [2.24, 2.45) is 11.8 Å². The lowest BCUT2D eigenvalue weighted by Gasteiger charge is -2.02. The van der Waals surface area contributed by atoms with Crippen molar-refractivity contribution < 1.29 is 0 Å². The van der Waals surface area contributed by atoms with Crippen molar-refractivity contribution in [2.75, 3.05) is 0 Å². The van der Waals surface area contributed by atoms with Gasteiger partial charge in [0.1, 0.15) is 0 Å². The fourth-order valence-corrected chi connectivity index (χ4v) is 3.39. The highest BCUT2D eigenvalue weighted by molar-refractivity contribution is 4.85. The number of hydrogen-bond acceptors (Lipinski definition) is 0. The summed E-state index contributed by atoms with van der Waals surface area (Å²) in [6, 6.07) is 0. The molecule has 0 aromatic carbocycles. The lowest BCUT2D eigenvalue weighted by molar-refractivity contribution is 0.516.